The topological polar surface area (TPSA) is 78.5 Å². The van der Waals surface area contributed by atoms with E-state index < -0.39 is 0 Å². The summed E-state index contributed by atoms with van der Waals surface area (Å²) >= 11 is 0. The number of anilines is 1. The third-order valence-corrected chi connectivity index (χ3v) is 6.68. The minimum absolute atomic E-state index is 0.0128. The fourth-order valence-corrected chi connectivity index (χ4v) is 4.81. The molecule has 0 unspecified atom stereocenters. The molecule has 1 N–H and O–H groups in total. The second kappa shape index (κ2) is 7.85. The molecule has 2 fully saturated rings. The molecule has 7 heteroatoms. The van der Waals surface area contributed by atoms with Crippen molar-refractivity contribution < 1.29 is 9.53 Å². The van der Waals surface area contributed by atoms with E-state index in [1.165, 1.54) is 0 Å². The van der Waals surface area contributed by atoms with Gasteiger partial charge in [-0.15, -0.1) is 0 Å². The van der Waals surface area contributed by atoms with Crippen LogP contribution in [0.4, 0.5) is 5.95 Å². The van der Waals surface area contributed by atoms with Crippen LogP contribution in [0.15, 0.2) is 4.79 Å². The number of fused-ring (bicyclic) bond motifs is 2. The lowest BCUT2D eigenvalue weighted by atomic mass is 9.76. The second-order valence-corrected chi connectivity index (χ2v) is 8.91. The van der Waals surface area contributed by atoms with Gasteiger partial charge in [0, 0.05) is 43.6 Å². The molecule has 0 atom stereocenters. The Morgan fingerprint density at radius 3 is 2.57 bits per heavy atom. The van der Waals surface area contributed by atoms with Crippen LogP contribution >= 0.6 is 0 Å². The Hall–Kier alpha value is -1.89. The molecule has 3 aliphatic rings. The van der Waals surface area contributed by atoms with E-state index in [-0.39, 0.29) is 16.9 Å². The van der Waals surface area contributed by atoms with E-state index in [9.17, 15) is 9.59 Å². The van der Waals surface area contributed by atoms with Crippen LogP contribution in [0.2, 0.25) is 0 Å². The molecular formula is C21H32N4O3. The summed E-state index contributed by atoms with van der Waals surface area (Å²) in [7, 11) is 0. The third kappa shape index (κ3) is 3.69. The van der Waals surface area contributed by atoms with Gasteiger partial charge in [0.2, 0.25) is 11.9 Å². The summed E-state index contributed by atoms with van der Waals surface area (Å²) in [5, 5.41) is 0. The number of aromatic nitrogens is 2. The molecule has 1 amide bonds. The SMILES string of the molecule is CC(C)CCC(=O)N1CCC2(CCc3c2nc(N2CCOCC2)[nH]c3=O)CC1. The number of aromatic amines is 1. The van der Waals surface area contributed by atoms with E-state index in [2.05, 4.69) is 23.7 Å². The zero-order valence-corrected chi connectivity index (χ0v) is 17.1. The summed E-state index contributed by atoms with van der Waals surface area (Å²) in [6.07, 6.45) is 5.17. The van der Waals surface area contributed by atoms with Gasteiger partial charge in [0.1, 0.15) is 0 Å². The molecule has 0 aromatic carbocycles. The van der Waals surface area contributed by atoms with Crippen molar-refractivity contribution in [3.05, 3.63) is 21.6 Å². The number of morpholine rings is 1. The molecule has 7 nitrogen and oxygen atoms in total. The lowest BCUT2D eigenvalue weighted by Gasteiger charge is -2.40. The van der Waals surface area contributed by atoms with E-state index in [0.29, 0.717) is 31.5 Å². The molecule has 4 rings (SSSR count). The van der Waals surface area contributed by atoms with Crippen molar-refractivity contribution in [1.82, 2.24) is 14.9 Å². The van der Waals surface area contributed by atoms with Gasteiger partial charge in [-0.2, -0.15) is 0 Å². The number of rotatable bonds is 4. The molecule has 1 aromatic rings. The first kappa shape index (κ1) is 19.4. The number of hydrogen-bond donors (Lipinski definition) is 1. The maximum Gasteiger partial charge on any atom is 0.255 e. The zero-order chi connectivity index (χ0) is 19.7. The molecule has 1 aromatic heterocycles. The minimum Gasteiger partial charge on any atom is -0.378 e. The number of likely N-dealkylation sites (tertiary alicyclic amines) is 1. The third-order valence-electron chi connectivity index (χ3n) is 6.68. The van der Waals surface area contributed by atoms with Crippen molar-refractivity contribution in [2.24, 2.45) is 5.92 Å². The van der Waals surface area contributed by atoms with Gasteiger partial charge in [-0.05, 0) is 38.0 Å². The molecule has 0 saturated carbocycles. The minimum atomic E-state index is -0.0422. The number of nitrogens with one attached hydrogen (secondary N) is 1. The van der Waals surface area contributed by atoms with E-state index >= 15 is 0 Å². The fraction of sp³-hybridized carbons (Fsp3) is 0.762. The Kier molecular flexibility index (Phi) is 5.45. The molecule has 3 heterocycles. The quantitative estimate of drug-likeness (QED) is 0.852. The summed E-state index contributed by atoms with van der Waals surface area (Å²) in [5.74, 6) is 1.51. The zero-order valence-electron chi connectivity index (χ0n) is 17.1. The number of hydrogen-bond acceptors (Lipinski definition) is 5. The fourth-order valence-electron chi connectivity index (χ4n) is 4.81. The summed E-state index contributed by atoms with van der Waals surface area (Å²) in [6, 6.07) is 0. The van der Waals surface area contributed by atoms with Crippen molar-refractivity contribution in [1.29, 1.82) is 0 Å². The first-order chi connectivity index (χ1) is 13.5. The number of carbonyl (C=O) groups excluding carboxylic acids is 1. The highest BCUT2D eigenvalue weighted by molar-refractivity contribution is 5.76. The van der Waals surface area contributed by atoms with Crippen molar-refractivity contribution in [2.45, 2.75) is 57.8 Å². The predicted molar refractivity (Wildman–Crippen MR) is 108 cm³/mol. The predicted octanol–water partition coefficient (Wildman–Crippen LogP) is 1.85. The first-order valence-electron chi connectivity index (χ1n) is 10.7. The highest BCUT2D eigenvalue weighted by Gasteiger charge is 2.44. The number of carbonyl (C=O) groups is 1. The summed E-state index contributed by atoms with van der Waals surface area (Å²) in [4.78, 5) is 37.3. The Balaban J connectivity index is 1.50. The number of amides is 1. The smallest absolute Gasteiger partial charge is 0.255 e. The van der Waals surface area contributed by atoms with Gasteiger partial charge >= 0.3 is 0 Å². The summed E-state index contributed by atoms with van der Waals surface area (Å²) in [5.41, 5.74) is 1.82. The number of ether oxygens (including phenoxy) is 1. The standard InChI is InChI=1S/C21H32N4O3/c1-15(2)3-4-17(26)24-9-7-21(8-10-24)6-5-16-18(21)22-20(23-19(16)27)25-11-13-28-14-12-25/h15H,3-14H2,1-2H3,(H,22,23,27). The Labute approximate surface area is 166 Å². The van der Waals surface area contributed by atoms with Gasteiger partial charge in [-0.3, -0.25) is 14.6 Å². The molecule has 0 bridgehead atoms. The van der Waals surface area contributed by atoms with Crippen LogP contribution < -0.4 is 10.5 Å². The van der Waals surface area contributed by atoms with E-state index in [0.717, 1.165) is 69.5 Å². The normalized spacial score (nSPS) is 21.4. The molecule has 0 radical (unpaired) electrons. The van der Waals surface area contributed by atoms with E-state index in [1.54, 1.807) is 0 Å². The Morgan fingerprint density at radius 1 is 1.18 bits per heavy atom. The summed E-state index contributed by atoms with van der Waals surface area (Å²) in [6.45, 7) is 8.71. The van der Waals surface area contributed by atoms with Gasteiger partial charge in [0.15, 0.2) is 0 Å². The second-order valence-electron chi connectivity index (χ2n) is 8.91. The average Bonchev–Trinajstić information content (AvgIpc) is 3.06. The molecule has 28 heavy (non-hydrogen) atoms. The van der Waals surface area contributed by atoms with Gasteiger partial charge in [-0.25, -0.2) is 4.98 Å². The monoisotopic (exact) mass is 388 g/mol. The highest BCUT2D eigenvalue weighted by atomic mass is 16.5. The van der Waals surface area contributed by atoms with Gasteiger partial charge in [-0.1, -0.05) is 13.8 Å². The van der Waals surface area contributed by atoms with Gasteiger partial charge in [0.25, 0.3) is 5.56 Å². The molecule has 1 spiro atoms. The van der Waals surface area contributed by atoms with Crippen molar-refractivity contribution in [3.8, 4) is 0 Å². The Morgan fingerprint density at radius 2 is 1.89 bits per heavy atom. The Bertz CT molecular complexity index is 774. The van der Waals surface area contributed by atoms with E-state index in [1.807, 2.05) is 4.90 Å². The highest BCUT2D eigenvalue weighted by Crippen LogP contribution is 2.44. The van der Waals surface area contributed by atoms with Crippen LogP contribution in [0, 0.1) is 5.92 Å². The molecule has 1 aliphatic carbocycles. The molecule has 154 valence electrons. The molecule has 2 aliphatic heterocycles. The van der Waals surface area contributed by atoms with Crippen molar-refractivity contribution in [2.75, 3.05) is 44.3 Å². The lowest BCUT2D eigenvalue weighted by molar-refractivity contribution is -0.133. The summed E-state index contributed by atoms with van der Waals surface area (Å²) < 4.78 is 5.42. The lowest BCUT2D eigenvalue weighted by Crippen LogP contribution is -2.45. The van der Waals surface area contributed by atoms with Gasteiger partial charge < -0.3 is 14.5 Å². The average molecular weight is 389 g/mol. The van der Waals surface area contributed by atoms with Crippen LogP contribution in [0.3, 0.4) is 0 Å². The number of nitrogens with zero attached hydrogens (tertiary/aromatic N) is 3. The maximum atomic E-state index is 12.7. The first-order valence-corrected chi connectivity index (χ1v) is 10.7. The van der Waals surface area contributed by atoms with Crippen molar-refractivity contribution in [3.63, 3.8) is 0 Å². The van der Waals surface area contributed by atoms with Crippen LogP contribution in [0.5, 0.6) is 0 Å². The largest absolute Gasteiger partial charge is 0.378 e. The van der Waals surface area contributed by atoms with Crippen LogP contribution in [-0.2, 0) is 21.4 Å². The van der Waals surface area contributed by atoms with Gasteiger partial charge in [0.05, 0.1) is 18.9 Å². The van der Waals surface area contributed by atoms with E-state index in [4.69, 9.17) is 9.72 Å². The van der Waals surface area contributed by atoms with Crippen molar-refractivity contribution >= 4 is 11.9 Å². The van der Waals surface area contributed by atoms with Crippen LogP contribution in [0.1, 0.15) is 57.2 Å². The van der Waals surface area contributed by atoms with Crippen LogP contribution in [-0.4, -0.2) is 60.2 Å². The molecular weight excluding hydrogens is 356 g/mol. The number of H-pyrrole nitrogens is 1. The number of piperidine rings is 1. The molecule has 2 saturated heterocycles. The maximum absolute atomic E-state index is 12.7. The van der Waals surface area contributed by atoms with Crippen LogP contribution in [0.25, 0.3) is 0 Å².